The lowest BCUT2D eigenvalue weighted by Gasteiger charge is -2.40. The van der Waals surface area contributed by atoms with Gasteiger partial charge in [0.25, 0.3) is 0 Å². The highest BCUT2D eigenvalue weighted by Gasteiger charge is 2.26. The Bertz CT molecular complexity index is 310. The molecule has 0 aliphatic carbocycles. The number of halogens is 1. The zero-order chi connectivity index (χ0) is 9.97. The van der Waals surface area contributed by atoms with Crippen LogP contribution >= 0.6 is 15.9 Å². The average Bonchev–Trinajstić information content (AvgIpc) is 2.10. The first-order chi connectivity index (χ1) is 6.79. The summed E-state index contributed by atoms with van der Waals surface area (Å²) in [6, 6.07) is 8.43. The van der Waals surface area contributed by atoms with Crippen molar-refractivity contribution >= 4 is 21.6 Å². The van der Waals surface area contributed by atoms with Crippen molar-refractivity contribution in [3.05, 3.63) is 28.7 Å². The Hall–Kier alpha value is -0.540. The first kappa shape index (κ1) is 9.99. The van der Waals surface area contributed by atoms with Crippen molar-refractivity contribution in [2.75, 3.05) is 31.7 Å². The van der Waals surface area contributed by atoms with Crippen LogP contribution in [0.1, 0.15) is 0 Å². The van der Waals surface area contributed by atoms with Crippen molar-refractivity contribution in [1.82, 2.24) is 0 Å². The lowest BCUT2D eigenvalue weighted by Crippen LogP contribution is -2.48. The molecular weight excluding hydrogens is 242 g/mol. The lowest BCUT2D eigenvalue weighted by atomic mass is 10.0. The predicted molar refractivity (Wildman–Crippen MR) is 61.7 cm³/mol. The van der Waals surface area contributed by atoms with Crippen molar-refractivity contribution < 1.29 is 4.74 Å². The van der Waals surface area contributed by atoms with E-state index in [4.69, 9.17) is 4.74 Å². The zero-order valence-electron chi connectivity index (χ0n) is 8.24. The minimum atomic E-state index is 0.707. The number of hydrogen-bond acceptors (Lipinski definition) is 2. The first-order valence-electron chi connectivity index (χ1n) is 4.79. The minimum absolute atomic E-state index is 0.707. The largest absolute Gasteiger partial charge is 0.384 e. The van der Waals surface area contributed by atoms with E-state index in [1.165, 1.54) is 5.69 Å². The van der Waals surface area contributed by atoms with Crippen molar-refractivity contribution in [1.29, 1.82) is 0 Å². The number of hydrogen-bond donors (Lipinski definition) is 0. The van der Waals surface area contributed by atoms with Gasteiger partial charge in [-0.05, 0) is 18.2 Å². The SMILES string of the molecule is COCC1CN(c2cccc(Br)c2)C1. The van der Waals surface area contributed by atoms with Crippen LogP contribution in [-0.4, -0.2) is 26.8 Å². The Kier molecular flexibility index (Phi) is 3.08. The van der Waals surface area contributed by atoms with Gasteiger partial charge in [-0.25, -0.2) is 0 Å². The van der Waals surface area contributed by atoms with Crippen LogP contribution in [-0.2, 0) is 4.74 Å². The molecule has 0 bridgehead atoms. The Morgan fingerprint density at radius 2 is 2.29 bits per heavy atom. The molecule has 0 amide bonds. The minimum Gasteiger partial charge on any atom is -0.384 e. The van der Waals surface area contributed by atoms with Gasteiger partial charge in [0.2, 0.25) is 0 Å². The smallest absolute Gasteiger partial charge is 0.0524 e. The molecule has 2 nitrogen and oxygen atoms in total. The van der Waals surface area contributed by atoms with E-state index in [1.54, 1.807) is 7.11 Å². The maximum atomic E-state index is 5.12. The fourth-order valence-corrected chi connectivity index (χ4v) is 2.18. The van der Waals surface area contributed by atoms with Gasteiger partial charge in [0, 0.05) is 36.3 Å². The molecule has 0 radical (unpaired) electrons. The van der Waals surface area contributed by atoms with Gasteiger partial charge in [-0.15, -0.1) is 0 Å². The molecule has 0 atom stereocenters. The molecule has 2 rings (SSSR count). The molecular formula is C11H14BrNO. The van der Waals surface area contributed by atoms with Crippen molar-refractivity contribution in [2.24, 2.45) is 5.92 Å². The van der Waals surface area contributed by atoms with E-state index in [-0.39, 0.29) is 0 Å². The van der Waals surface area contributed by atoms with E-state index >= 15 is 0 Å². The normalized spacial score (nSPS) is 16.9. The van der Waals surface area contributed by atoms with Crippen LogP contribution in [0.15, 0.2) is 28.7 Å². The molecule has 0 saturated carbocycles. The van der Waals surface area contributed by atoms with E-state index in [2.05, 4.69) is 45.1 Å². The number of nitrogens with zero attached hydrogens (tertiary/aromatic N) is 1. The average molecular weight is 256 g/mol. The molecule has 1 heterocycles. The van der Waals surface area contributed by atoms with Crippen molar-refractivity contribution in [2.45, 2.75) is 0 Å². The third-order valence-corrected chi connectivity index (χ3v) is 3.03. The van der Waals surface area contributed by atoms with Crippen LogP contribution in [0.4, 0.5) is 5.69 Å². The number of benzene rings is 1. The molecule has 1 aromatic carbocycles. The summed E-state index contributed by atoms with van der Waals surface area (Å²) in [7, 11) is 1.77. The van der Waals surface area contributed by atoms with E-state index < -0.39 is 0 Å². The number of ether oxygens (including phenoxy) is 1. The predicted octanol–water partition coefficient (Wildman–Crippen LogP) is 2.53. The molecule has 76 valence electrons. The Labute approximate surface area is 93.0 Å². The quantitative estimate of drug-likeness (QED) is 0.824. The summed E-state index contributed by atoms with van der Waals surface area (Å²) in [4.78, 5) is 2.37. The first-order valence-corrected chi connectivity index (χ1v) is 5.58. The monoisotopic (exact) mass is 255 g/mol. The van der Waals surface area contributed by atoms with E-state index in [9.17, 15) is 0 Å². The molecule has 14 heavy (non-hydrogen) atoms. The van der Waals surface area contributed by atoms with Crippen molar-refractivity contribution in [3.8, 4) is 0 Å². The second-order valence-corrected chi connectivity index (χ2v) is 4.62. The second kappa shape index (κ2) is 4.32. The van der Waals surface area contributed by atoms with Gasteiger partial charge in [0.15, 0.2) is 0 Å². The van der Waals surface area contributed by atoms with Gasteiger partial charge in [-0.2, -0.15) is 0 Å². The third kappa shape index (κ3) is 2.10. The summed E-state index contributed by atoms with van der Waals surface area (Å²) in [5.74, 6) is 0.707. The molecule has 1 aromatic rings. The van der Waals surface area contributed by atoms with Gasteiger partial charge >= 0.3 is 0 Å². The van der Waals surface area contributed by atoms with Gasteiger partial charge in [0.1, 0.15) is 0 Å². The van der Waals surface area contributed by atoms with Gasteiger partial charge < -0.3 is 9.64 Å². The van der Waals surface area contributed by atoms with Crippen LogP contribution in [0, 0.1) is 5.92 Å². The molecule has 3 heteroatoms. The van der Waals surface area contributed by atoms with Crippen LogP contribution in [0.3, 0.4) is 0 Å². The molecule has 0 aromatic heterocycles. The maximum Gasteiger partial charge on any atom is 0.0524 e. The molecule has 0 unspecified atom stereocenters. The summed E-state index contributed by atoms with van der Waals surface area (Å²) in [6.07, 6.45) is 0. The second-order valence-electron chi connectivity index (χ2n) is 3.71. The summed E-state index contributed by atoms with van der Waals surface area (Å²) < 4.78 is 6.26. The molecule has 0 spiro atoms. The molecule has 1 aliphatic rings. The molecule has 1 saturated heterocycles. The number of methoxy groups -OCH3 is 1. The van der Waals surface area contributed by atoms with Crippen LogP contribution in [0.25, 0.3) is 0 Å². The topological polar surface area (TPSA) is 12.5 Å². The van der Waals surface area contributed by atoms with E-state index in [0.717, 1.165) is 24.2 Å². The summed E-state index contributed by atoms with van der Waals surface area (Å²) >= 11 is 3.48. The highest BCUT2D eigenvalue weighted by Crippen LogP contribution is 2.26. The number of anilines is 1. The summed E-state index contributed by atoms with van der Waals surface area (Å²) in [6.45, 7) is 3.11. The number of rotatable bonds is 3. The fourth-order valence-electron chi connectivity index (χ4n) is 1.79. The highest BCUT2D eigenvalue weighted by atomic mass is 79.9. The summed E-state index contributed by atoms with van der Waals surface area (Å²) in [5, 5.41) is 0. The maximum absolute atomic E-state index is 5.12. The highest BCUT2D eigenvalue weighted by molar-refractivity contribution is 9.10. The third-order valence-electron chi connectivity index (χ3n) is 2.53. The Morgan fingerprint density at radius 1 is 1.50 bits per heavy atom. The van der Waals surface area contributed by atoms with Crippen LogP contribution in [0.5, 0.6) is 0 Å². The van der Waals surface area contributed by atoms with Gasteiger partial charge in [-0.1, -0.05) is 22.0 Å². The van der Waals surface area contributed by atoms with Crippen LogP contribution < -0.4 is 4.90 Å². The standard InChI is InChI=1S/C11H14BrNO/c1-14-8-9-6-13(7-9)11-4-2-3-10(12)5-11/h2-5,9H,6-8H2,1H3. The van der Waals surface area contributed by atoms with Crippen molar-refractivity contribution in [3.63, 3.8) is 0 Å². The van der Waals surface area contributed by atoms with E-state index in [0.29, 0.717) is 5.92 Å². The Balaban J connectivity index is 1.93. The van der Waals surface area contributed by atoms with Gasteiger partial charge in [-0.3, -0.25) is 0 Å². The molecule has 0 N–H and O–H groups in total. The molecule has 1 fully saturated rings. The lowest BCUT2D eigenvalue weighted by molar-refractivity contribution is 0.137. The van der Waals surface area contributed by atoms with Crippen LogP contribution in [0.2, 0.25) is 0 Å². The summed E-state index contributed by atoms with van der Waals surface area (Å²) in [5.41, 5.74) is 1.30. The zero-order valence-corrected chi connectivity index (χ0v) is 9.83. The fraction of sp³-hybridized carbons (Fsp3) is 0.455. The Morgan fingerprint density at radius 3 is 2.93 bits per heavy atom. The van der Waals surface area contributed by atoms with Gasteiger partial charge in [0.05, 0.1) is 6.61 Å². The van der Waals surface area contributed by atoms with E-state index in [1.807, 2.05) is 0 Å². The molecule has 1 aliphatic heterocycles.